The number of unbranched alkanes of at least 4 members (excludes halogenated alkanes) is 1. The van der Waals surface area contributed by atoms with Gasteiger partial charge in [0.25, 0.3) is 5.91 Å². The van der Waals surface area contributed by atoms with Gasteiger partial charge in [0.05, 0.1) is 5.56 Å². The van der Waals surface area contributed by atoms with Gasteiger partial charge in [-0.3, -0.25) is 4.79 Å². The van der Waals surface area contributed by atoms with Crippen molar-refractivity contribution < 1.29 is 33.0 Å². The molecular weight excluding hydrogens is 327 g/mol. The number of carbonyl (C=O) groups is 2. The first kappa shape index (κ1) is 19.7. The van der Waals surface area contributed by atoms with Crippen molar-refractivity contribution >= 4 is 11.9 Å². The van der Waals surface area contributed by atoms with Gasteiger partial charge in [-0.15, -0.1) is 6.58 Å². The van der Waals surface area contributed by atoms with Crippen LogP contribution in [0.5, 0.6) is 0 Å². The number of rotatable bonds is 8. The van der Waals surface area contributed by atoms with Crippen LogP contribution in [-0.2, 0) is 15.8 Å². The maximum Gasteiger partial charge on any atom is 0.416 e. The van der Waals surface area contributed by atoms with Crippen LogP contribution in [0.3, 0.4) is 0 Å². The van der Waals surface area contributed by atoms with Crippen LogP contribution < -0.4 is 5.32 Å². The van der Waals surface area contributed by atoms with Crippen LogP contribution in [0, 0.1) is 0 Å². The first-order valence-corrected chi connectivity index (χ1v) is 7.16. The number of aliphatic hydroxyl groups excluding tert-OH is 1. The predicted molar refractivity (Wildman–Crippen MR) is 80.0 cm³/mol. The Morgan fingerprint density at radius 2 is 1.83 bits per heavy atom. The molecule has 0 aliphatic heterocycles. The molecule has 0 saturated carbocycles. The number of carboxylic acid groups (broad SMARTS) is 1. The van der Waals surface area contributed by atoms with Crippen molar-refractivity contribution in [3.05, 3.63) is 48.0 Å². The average Bonchev–Trinajstić information content (AvgIpc) is 2.52. The number of allylic oxidation sites excluding steroid dienone is 1. The molecule has 2 atom stereocenters. The van der Waals surface area contributed by atoms with E-state index in [1.807, 2.05) is 0 Å². The lowest BCUT2D eigenvalue weighted by Crippen LogP contribution is -2.43. The lowest BCUT2D eigenvalue weighted by molar-refractivity contribution is -0.143. The second kappa shape index (κ2) is 8.49. The van der Waals surface area contributed by atoms with E-state index in [0.29, 0.717) is 12.8 Å². The number of halogens is 3. The van der Waals surface area contributed by atoms with E-state index in [1.165, 1.54) is 0 Å². The smallest absolute Gasteiger partial charge is 0.416 e. The fourth-order valence-electron chi connectivity index (χ4n) is 1.98. The third-order valence-electron chi connectivity index (χ3n) is 3.32. The second-order valence-corrected chi connectivity index (χ2v) is 5.14. The summed E-state index contributed by atoms with van der Waals surface area (Å²) in [6, 6.07) is 2.23. The van der Waals surface area contributed by atoms with Gasteiger partial charge in [-0.1, -0.05) is 18.2 Å². The normalized spacial score (nSPS) is 13.8. The van der Waals surface area contributed by atoms with Crippen LogP contribution in [0.4, 0.5) is 13.2 Å². The third kappa shape index (κ3) is 5.69. The number of carbonyl (C=O) groups excluding carboxylic acids is 1. The van der Waals surface area contributed by atoms with Crippen molar-refractivity contribution in [3.63, 3.8) is 0 Å². The Kier molecular flexibility index (Phi) is 6.97. The summed E-state index contributed by atoms with van der Waals surface area (Å²) in [5.41, 5.74) is -0.970. The Bertz CT molecular complexity index is 584. The van der Waals surface area contributed by atoms with Crippen molar-refractivity contribution in [2.24, 2.45) is 0 Å². The highest BCUT2D eigenvalue weighted by molar-refractivity contribution is 5.86. The van der Waals surface area contributed by atoms with Crippen LogP contribution in [0.15, 0.2) is 36.9 Å². The standard InChI is InChI=1S/C16H18F3NO4/c1-2-3-4-5-12(15(23)24)20-14(22)13(21)10-6-8-11(9-7-10)16(17,18)19/h2,6-9,12-13,21H,1,3-5H2,(H,20,22)(H,23,24)/t12-,13-/m1/s1. The third-order valence-corrected chi connectivity index (χ3v) is 3.32. The molecule has 3 N–H and O–H groups in total. The van der Waals surface area contributed by atoms with Crippen molar-refractivity contribution in [1.82, 2.24) is 5.32 Å². The van der Waals surface area contributed by atoms with Crippen LogP contribution in [-0.4, -0.2) is 28.1 Å². The summed E-state index contributed by atoms with van der Waals surface area (Å²) >= 11 is 0. The van der Waals surface area contributed by atoms with Gasteiger partial charge < -0.3 is 15.5 Å². The van der Waals surface area contributed by atoms with Gasteiger partial charge in [0.2, 0.25) is 0 Å². The van der Waals surface area contributed by atoms with E-state index in [0.717, 1.165) is 24.3 Å². The number of nitrogens with one attached hydrogen (secondary N) is 1. The number of alkyl halides is 3. The molecule has 0 spiro atoms. The molecule has 5 nitrogen and oxygen atoms in total. The monoisotopic (exact) mass is 345 g/mol. The molecule has 24 heavy (non-hydrogen) atoms. The maximum atomic E-state index is 12.5. The number of amides is 1. The Morgan fingerprint density at radius 3 is 2.29 bits per heavy atom. The number of aliphatic carboxylic acids is 1. The first-order valence-electron chi connectivity index (χ1n) is 7.16. The highest BCUT2D eigenvalue weighted by Gasteiger charge is 2.31. The van der Waals surface area contributed by atoms with Crippen LogP contribution in [0.2, 0.25) is 0 Å². The molecule has 8 heteroatoms. The topological polar surface area (TPSA) is 86.6 Å². The molecular formula is C16H18F3NO4. The summed E-state index contributed by atoms with van der Waals surface area (Å²) in [5, 5.41) is 21.1. The molecule has 0 unspecified atom stereocenters. The molecule has 132 valence electrons. The SMILES string of the molecule is C=CCCC[C@@H](NC(=O)[C@H](O)c1ccc(C(F)(F)F)cc1)C(=O)O. The van der Waals surface area contributed by atoms with Crippen LogP contribution >= 0.6 is 0 Å². The molecule has 0 heterocycles. The maximum absolute atomic E-state index is 12.5. The minimum Gasteiger partial charge on any atom is -0.480 e. The number of carboxylic acids is 1. The molecule has 0 fully saturated rings. The van der Waals surface area contributed by atoms with E-state index in [9.17, 15) is 27.9 Å². The van der Waals surface area contributed by atoms with Crippen LogP contribution in [0.25, 0.3) is 0 Å². The number of hydrogen-bond donors (Lipinski definition) is 3. The fraction of sp³-hybridized carbons (Fsp3) is 0.375. The molecule has 0 aliphatic carbocycles. The lowest BCUT2D eigenvalue weighted by atomic mass is 10.0. The van der Waals surface area contributed by atoms with E-state index in [4.69, 9.17) is 5.11 Å². The minimum absolute atomic E-state index is 0.0595. The number of benzene rings is 1. The van der Waals surface area contributed by atoms with Gasteiger partial charge in [0.15, 0.2) is 6.10 Å². The van der Waals surface area contributed by atoms with Crippen molar-refractivity contribution in [3.8, 4) is 0 Å². The summed E-state index contributed by atoms with van der Waals surface area (Å²) in [7, 11) is 0. The van der Waals surface area contributed by atoms with E-state index in [2.05, 4.69) is 11.9 Å². The van der Waals surface area contributed by atoms with Gasteiger partial charge in [-0.25, -0.2) is 4.79 Å². The van der Waals surface area contributed by atoms with Crippen molar-refractivity contribution in [2.75, 3.05) is 0 Å². The molecule has 1 rings (SSSR count). The highest BCUT2D eigenvalue weighted by atomic mass is 19.4. The Balaban J connectivity index is 2.75. The minimum atomic E-state index is -4.52. The summed E-state index contributed by atoms with van der Waals surface area (Å²) in [4.78, 5) is 23.0. The molecule has 0 saturated heterocycles. The van der Waals surface area contributed by atoms with Crippen molar-refractivity contribution in [1.29, 1.82) is 0 Å². The molecule has 1 aromatic carbocycles. The molecule has 0 bridgehead atoms. The Morgan fingerprint density at radius 1 is 1.25 bits per heavy atom. The number of aliphatic hydroxyl groups is 1. The summed E-state index contributed by atoms with van der Waals surface area (Å²) in [6.07, 6.45) is -3.47. The molecule has 0 aliphatic rings. The van der Waals surface area contributed by atoms with Gasteiger partial charge in [0, 0.05) is 0 Å². The van der Waals surface area contributed by atoms with Gasteiger partial charge in [-0.05, 0) is 37.0 Å². The molecule has 1 amide bonds. The zero-order valence-electron chi connectivity index (χ0n) is 12.7. The first-order chi connectivity index (χ1) is 11.2. The van der Waals surface area contributed by atoms with Gasteiger partial charge in [-0.2, -0.15) is 13.2 Å². The molecule has 1 aromatic rings. The summed E-state index contributed by atoms with van der Waals surface area (Å²) in [5.74, 6) is -2.24. The predicted octanol–water partition coefficient (Wildman–Crippen LogP) is 2.66. The quantitative estimate of drug-likeness (QED) is 0.499. The zero-order valence-corrected chi connectivity index (χ0v) is 12.7. The van der Waals surface area contributed by atoms with E-state index >= 15 is 0 Å². The van der Waals surface area contributed by atoms with Gasteiger partial charge >= 0.3 is 12.1 Å². The fourth-order valence-corrected chi connectivity index (χ4v) is 1.98. The van der Waals surface area contributed by atoms with Crippen LogP contribution in [0.1, 0.15) is 36.5 Å². The molecule has 0 aromatic heterocycles. The Hall–Kier alpha value is -2.35. The van der Waals surface area contributed by atoms with E-state index in [-0.39, 0.29) is 12.0 Å². The average molecular weight is 345 g/mol. The largest absolute Gasteiger partial charge is 0.480 e. The highest BCUT2D eigenvalue weighted by Crippen LogP contribution is 2.29. The van der Waals surface area contributed by atoms with Crippen molar-refractivity contribution in [2.45, 2.75) is 37.6 Å². The van der Waals surface area contributed by atoms with E-state index in [1.54, 1.807) is 6.08 Å². The second-order valence-electron chi connectivity index (χ2n) is 5.14. The van der Waals surface area contributed by atoms with Gasteiger partial charge in [0.1, 0.15) is 6.04 Å². The molecule has 0 radical (unpaired) electrons. The Labute approximate surface area is 136 Å². The van der Waals surface area contributed by atoms with E-state index < -0.39 is 35.8 Å². The lowest BCUT2D eigenvalue weighted by Gasteiger charge is -2.17. The summed E-state index contributed by atoms with van der Waals surface area (Å²) in [6.45, 7) is 3.50. The number of hydrogen-bond acceptors (Lipinski definition) is 3. The zero-order chi connectivity index (χ0) is 18.3. The summed E-state index contributed by atoms with van der Waals surface area (Å²) < 4.78 is 37.4.